The fourth-order valence-electron chi connectivity index (χ4n) is 3.09. The average molecular weight is 347 g/mol. The maximum Gasteiger partial charge on any atom is 0.122 e. The van der Waals surface area contributed by atoms with Crippen LogP contribution in [0.25, 0.3) is 0 Å². The fraction of sp³-hybridized carbons (Fsp3) is 0.647. The number of β-amino-alcohol motifs (C(OH)–C–C–N with tert-alkyl or cyclic N) is 1. The zero-order valence-corrected chi connectivity index (χ0v) is 15.1. The van der Waals surface area contributed by atoms with Gasteiger partial charge in [-0.3, -0.25) is 4.90 Å². The molecule has 0 bridgehead atoms. The van der Waals surface area contributed by atoms with Crippen LogP contribution in [0.15, 0.2) is 18.2 Å². The lowest BCUT2D eigenvalue weighted by molar-refractivity contribution is -0.00000637. The highest BCUT2D eigenvalue weighted by Crippen LogP contribution is 2.24. The quantitative estimate of drug-likeness (QED) is 0.849. The molecule has 1 heterocycles. The lowest BCUT2D eigenvalue weighted by Crippen LogP contribution is -3.00. The second-order valence-electron chi connectivity index (χ2n) is 6.20. The molecule has 0 saturated carbocycles. The molecule has 0 spiro atoms. The number of aryl methyl sites for hydroxylation is 1. The van der Waals surface area contributed by atoms with Crippen LogP contribution in [0, 0.1) is 6.92 Å². The Bertz CT molecular complexity index is 460. The zero-order valence-electron chi connectivity index (χ0n) is 13.6. The van der Waals surface area contributed by atoms with Crippen molar-refractivity contribution in [3.05, 3.63) is 28.8 Å². The van der Waals surface area contributed by atoms with Gasteiger partial charge < -0.3 is 22.3 Å². The van der Waals surface area contributed by atoms with E-state index in [1.807, 2.05) is 25.1 Å². The molecular formula is C17H26Cl2NO2-. The van der Waals surface area contributed by atoms with E-state index in [1.54, 1.807) is 0 Å². The van der Waals surface area contributed by atoms with Crippen molar-refractivity contribution >= 4 is 11.6 Å². The zero-order chi connectivity index (χ0) is 15.4. The molecule has 2 rings (SSSR count). The van der Waals surface area contributed by atoms with E-state index >= 15 is 0 Å². The highest BCUT2D eigenvalue weighted by Gasteiger charge is 2.26. The van der Waals surface area contributed by atoms with Crippen molar-refractivity contribution in [1.29, 1.82) is 0 Å². The highest BCUT2D eigenvalue weighted by molar-refractivity contribution is 6.30. The molecule has 1 N–H and O–H groups in total. The molecule has 1 aromatic rings. The molecule has 22 heavy (non-hydrogen) atoms. The third-order valence-electron chi connectivity index (χ3n) is 4.37. The number of ether oxygens (including phenoxy) is 1. The van der Waals surface area contributed by atoms with Crippen LogP contribution in [0.5, 0.6) is 5.75 Å². The Hall–Kier alpha value is -0.480. The molecule has 3 atom stereocenters. The van der Waals surface area contributed by atoms with Crippen molar-refractivity contribution in [2.75, 3.05) is 13.2 Å². The molecule has 0 aliphatic carbocycles. The van der Waals surface area contributed by atoms with Gasteiger partial charge in [0, 0.05) is 23.7 Å². The van der Waals surface area contributed by atoms with E-state index in [4.69, 9.17) is 16.3 Å². The summed E-state index contributed by atoms with van der Waals surface area (Å²) in [5.41, 5.74) is 0.995. The van der Waals surface area contributed by atoms with Gasteiger partial charge in [-0.1, -0.05) is 18.0 Å². The minimum Gasteiger partial charge on any atom is -1.00 e. The molecule has 5 heteroatoms. The first-order valence-corrected chi connectivity index (χ1v) is 8.18. The number of likely N-dealkylation sites (tertiary alicyclic amines) is 1. The summed E-state index contributed by atoms with van der Waals surface area (Å²) in [4.78, 5) is 2.40. The Morgan fingerprint density at radius 1 is 1.32 bits per heavy atom. The standard InChI is InChI=1S/C17H26ClNO2.ClH/c1-12-9-15(18)7-8-17(12)21-11-16(20)10-19-13(2)5-4-6-14(19)3;/h7-9,13-14,16,20H,4-6,10-11H2,1-3H3;1H/p-1. The van der Waals surface area contributed by atoms with Gasteiger partial charge in [0.15, 0.2) is 0 Å². The van der Waals surface area contributed by atoms with Crippen LogP contribution >= 0.6 is 11.6 Å². The predicted octanol–water partition coefficient (Wildman–Crippen LogP) is 0.655. The number of rotatable bonds is 5. The second-order valence-corrected chi connectivity index (χ2v) is 6.64. The third kappa shape index (κ3) is 5.31. The molecule has 3 nitrogen and oxygen atoms in total. The fourth-order valence-corrected chi connectivity index (χ4v) is 3.32. The van der Waals surface area contributed by atoms with E-state index in [0.717, 1.165) is 11.3 Å². The van der Waals surface area contributed by atoms with Crippen LogP contribution < -0.4 is 17.1 Å². The van der Waals surface area contributed by atoms with Crippen LogP contribution in [-0.4, -0.2) is 41.3 Å². The van der Waals surface area contributed by atoms with Gasteiger partial charge in [0.2, 0.25) is 0 Å². The first-order valence-electron chi connectivity index (χ1n) is 7.80. The number of piperidine rings is 1. The number of hydrogen-bond acceptors (Lipinski definition) is 3. The number of aliphatic hydroxyl groups is 1. The van der Waals surface area contributed by atoms with Gasteiger partial charge in [-0.15, -0.1) is 0 Å². The first kappa shape index (κ1) is 19.6. The van der Waals surface area contributed by atoms with Crippen LogP contribution in [0.1, 0.15) is 38.7 Å². The molecule has 1 aliphatic rings. The molecule has 0 aromatic heterocycles. The van der Waals surface area contributed by atoms with Crippen molar-refractivity contribution in [2.24, 2.45) is 0 Å². The summed E-state index contributed by atoms with van der Waals surface area (Å²) in [5, 5.41) is 11.0. The topological polar surface area (TPSA) is 32.7 Å². The summed E-state index contributed by atoms with van der Waals surface area (Å²) < 4.78 is 5.73. The van der Waals surface area contributed by atoms with E-state index in [-0.39, 0.29) is 12.4 Å². The van der Waals surface area contributed by atoms with Gasteiger partial charge in [-0.05, 0) is 57.4 Å². The lowest BCUT2D eigenvalue weighted by atomic mass is 9.97. The van der Waals surface area contributed by atoms with Crippen molar-refractivity contribution in [1.82, 2.24) is 4.90 Å². The molecule has 126 valence electrons. The minimum atomic E-state index is -0.469. The van der Waals surface area contributed by atoms with E-state index in [0.29, 0.717) is 30.3 Å². The molecule has 0 radical (unpaired) electrons. The Balaban J connectivity index is 0.00000242. The maximum atomic E-state index is 10.3. The summed E-state index contributed by atoms with van der Waals surface area (Å²) in [5.74, 6) is 0.790. The van der Waals surface area contributed by atoms with E-state index < -0.39 is 6.10 Å². The van der Waals surface area contributed by atoms with Crippen LogP contribution in [0.2, 0.25) is 5.02 Å². The smallest absolute Gasteiger partial charge is 0.122 e. The van der Waals surface area contributed by atoms with Gasteiger partial charge >= 0.3 is 0 Å². The predicted molar refractivity (Wildman–Crippen MR) is 87.2 cm³/mol. The van der Waals surface area contributed by atoms with Gasteiger partial charge in [0.1, 0.15) is 18.5 Å². The van der Waals surface area contributed by atoms with Crippen molar-refractivity contribution in [3.63, 3.8) is 0 Å². The van der Waals surface area contributed by atoms with Gasteiger partial charge in [0.25, 0.3) is 0 Å². The molecule has 1 aromatic carbocycles. The molecule has 1 saturated heterocycles. The summed E-state index contributed by atoms with van der Waals surface area (Å²) in [6, 6.07) is 6.63. The number of hydrogen-bond donors (Lipinski definition) is 1. The Morgan fingerprint density at radius 2 is 1.95 bits per heavy atom. The lowest BCUT2D eigenvalue weighted by Gasteiger charge is -2.40. The minimum absolute atomic E-state index is 0. The molecule has 0 amide bonds. The number of nitrogens with zero attached hydrogens (tertiary/aromatic N) is 1. The van der Waals surface area contributed by atoms with E-state index in [2.05, 4.69) is 18.7 Å². The summed E-state index contributed by atoms with van der Waals surface area (Å²) in [6.07, 6.45) is 3.25. The van der Waals surface area contributed by atoms with Crippen LogP contribution in [0.3, 0.4) is 0 Å². The van der Waals surface area contributed by atoms with Gasteiger partial charge in [0.05, 0.1) is 0 Å². The second kappa shape index (κ2) is 8.97. The normalized spacial score (nSPS) is 23.7. The van der Waals surface area contributed by atoms with Crippen molar-refractivity contribution in [3.8, 4) is 5.75 Å². The Labute approximate surface area is 145 Å². The van der Waals surface area contributed by atoms with Crippen LogP contribution in [-0.2, 0) is 0 Å². The number of halogens is 2. The van der Waals surface area contributed by atoms with E-state index in [9.17, 15) is 5.11 Å². The monoisotopic (exact) mass is 346 g/mol. The largest absolute Gasteiger partial charge is 1.00 e. The molecule has 1 fully saturated rings. The highest BCUT2D eigenvalue weighted by atomic mass is 35.5. The molecule has 1 aliphatic heterocycles. The summed E-state index contributed by atoms with van der Waals surface area (Å²) in [6.45, 7) is 7.44. The van der Waals surface area contributed by atoms with Crippen molar-refractivity contribution in [2.45, 2.75) is 58.2 Å². The SMILES string of the molecule is Cc1cc(Cl)ccc1OCC(O)CN1C(C)CCCC1C.[Cl-]. The summed E-state index contributed by atoms with van der Waals surface area (Å²) in [7, 11) is 0. The Kier molecular flexibility index (Phi) is 7.98. The first-order chi connectivity index (χ1) is 9.97. The average Bonchev–Trinajstić information content (AvgIpc) is 2.42. The van der Waals surface area contributed by atoms with E-state index in [1.165, 1.54) is 19.3 Å². The van der Waals surface area contributed by atoms with Crippen LogP contribution in [0.4, 0.5) is 0 Å². The number of aliphatic hydroxyl groups excluding tert-OH is 1. The van der Waals surface area contributed by atoms with Crippen molar-refractivity contribution < 1.29 is 22.3 Å². The number of benzene rings is 1. The third-order valence-corrected chi connectivity index (χ3v) is 4.60. The molecule has 3 unspecified atom stereocenters. The summed E-state index contributed by atoms with van der Waals surface area (Å²) >= 11 is 5.93. The Morgan fingerprint density at radius 3 is 2.55 bits per heavy atom. The van der Waals surface area contributed by atoms with Gasteiger partial charge in [-0.2, -0.15) is 0 Å². The maximum absolute atomic E-state index is 10.3. The molecular weight excluding hydrogens is 321 g/mol. The van der Waals surface area contributed by atoms with Gasteiger partial charge in [-0.25, -0.2) is 0 Å².